The first-order chi connectivity index (χ1) is 12.1. The van der Waals surface area contributed by atoms with E-state index in [0.29, 0.717) is 5.57 Å². The highest BCUT2D eigenvalue weighted by atomic mass is 16.6. The van der Waals surface area contributed by atoms with Crippen LogP contribution >= 0.6 is 0 Å². The Hall–Kier alpha value is -2.67. The van der Waals surface area contributed by atoms with Gasteiger partial charge in [-0.15, -0.1) is 0 Å². The maximum Gasteiger partial charge on any atom is 0.334 e. The molecule has 0 radical (unpaired) electrons. The molecule has 3 heterocycles. The Balaban J connectivity index is 2.14. The van der Waals surface area contributed by atoms with Crippen molar-refractivity contribution in [3.05, 3.63) is 47.8 Å². The number of ketones is 1. The smallest absolute Gasteiger partial charge is 0.334 e. The van der Waals surface area contributed by atoms with E-state index in [2.05, 4.69) is 13.2 Å². The highest BCUT2D eigenvalue weighted by molar-refractivity contribution is 6.00. The van der Waals surface area contributed by atoms with Gasteiger partial charge in [0.1, 0.15) is 24.1 Å². The molecule has 3 aliphatic heterocycles. The lowest BCUT2D eigenvalue weighted by molar-refractivity contribution is -0.175. The van der Waals surface area contributed by atoms with Gasteiger partial charge in [-0.05, 0) is 32.4 Å². The molecule has 26 heavy (non-hydrogen) atoms. The fourth-order valence-corrected chi connectivity index (χ4v) is 3.30. The molecule has 0 unspecified atom stereocenters. The van der Waals surface area contributed by atoms with Crippen LogP contribution in [-0.2, 0) is 28.6 Å². The minimum atomic E-state index is -1.66. The minimum absolute atomic E-state index is 0.0559. The normalized spacial score (nSPS) is 37.9. The molecule has 7 nitrogen and oxygen atoms in total. The third-order valence-electron chi connectivity index (χ3n) is 4.96. The van der Waals surface area contributed by atoms with Crippen molar-refractivity contribution < 1.29 is 33.7 Å². The zero-order valence-corrected chi connectivity index (χ0v) is 14.8. The van der Waals surface area contributed by atoms with E-state index in [1.54, 1.807) is 13.0 Å². The number of hydrogen-bond acceptors (Lipinski definition) is 7. The molecule has 3 rings (SSSR count). The van der Waals surface area contributed by atoms with Gasteiger partial charge in [-0.2, -0.15) is 0 Å². The number of carbonyl (C=O) groups is 3. The zero-order chi connectivity index (χ0) is 19.4. The number of ether oxygens (including phenoxy) is 3. The molecular weight excluding hydrogens is 340 g/mol. The first-order valence-corrected chi connectivity index (χ1v) is 8.14. The van der Waals surface area contributed by atoms with Gasteiger partial charge in [0.25, 0.3) is 0 Å². The second-order valence-corrected chi connectivity index (χ2v) is 6.95. The highest BCUT2D eigenvalue weighted by Crippen LogP contribution is 2.42. The lowest BCUT2D eigenvalue weighted by Gasteiger charge is -2.36. The minimum Gasteiger partial charge on any atom is -0.476 e. The molecule has 0 amide bonds. The lowest BCUT2D eigenvalue weighted by Crippen LogP contribution is -2.55. The molecule has 0 spiro atoms. The Morgan fingerprint density at radius 1 is 1.38 bits per heavy atom. The molecule has 138 valence electrons. The average Bonchev–Trinajstić information content (AvgIpc) is 3.02. The van der Waals surface area contributed by atoms with Gasteiger partial charge < -0.3 is 19.3 Å². The fraction of sp³-hybridized carbons (Fsp3) is 0.421. The monoisotopic (exact) mass is 360 g/mol. The lowest BCUT2D eigenvalue weighted by atomic mass is 9.80. The van der Waals surface area contributed by atoms with Crippen LogP contribution in [0.15, 0.2) is 47.8 Å². The molecular formula is C19H20O7. The first kappa shape index (κ1) is 18.1. The SMILES string of the molecule is C=C(C)C(=O)O[C@H]1[C@H]2C(=C)C(=O)O[C@@H]2/C=C(/C)C2=CC(=O)[C@](C)(O2)[C@@H]1O. The van der Waals surface area contributed by atoms with Crippen molar-refractivity contribution in [3.8, 4) is 0 Å². The van der Waals surface area contributed by atoms with Gasteiger partial charge >= 0.3 is 11.9 Å². The molecule has 7 heteroatoms. The quantitative estimate of drug-likeness (QED) is 0.582. The molecule has 0 saturated carbocycles. The Labute approximate surface area is 150 Å². The van der Waals surface area contributed by atoms with Gasteiger partial charge in [0, 0.05) is 17.2 Å². The summed E-state index contributed by atoms with van der Waals surface area (Å²) in [6.45, 7) is 11.8. The van der Waals surface area contributed by atoms with E-state index in [9.17, 15) is 19.5 Å². The van der Waals surface area contributed by atoms with Gasteiger partial charge in [-0.1, -0.05) is 13.2 Å². The van der Waals surface area contributed by atoms with Gasteiger partial charge in [0.15, 0.2) is 5.60 Å². The van der Waals surface area contributed by atoms with Crippen LogP contribution in [0.25, 0.3) is 0 Å². The molecule has 0 aromatic carbocycles. The average molecular weight is 360 g/mol. The number of carbonyl (C=O) groups excluding carboxylic acids is 3. The molecule has 1 saturated heterocycles. The van der Waals surface area contributed by atoms with Gasteiger partial charge in [-0.25, -0.2) is 9.59 Å². The van der Waals surface area contributed by atoms with Crippen molar-refractivity contribution in [2.75, 3.05) is 0 Å². The zero-order valence-electron chi connectivity index (χ0n) is 14.8. The van der Waals surface area contributed by atoms with Crippen molar-refractivity contribution in [2.45, 2.75) is 44.7 Å². The van der Waals surface area contributed by atoms with Gasteiger partial charge in [0.2, 0.25) is 5.78 Å². The van der Waals surface area contributed by atoms with E-state index < -0.39 is 47.6 Å². The standard InChI is InChI=1S/C19H20O7/c1-8(2)17(22)25-15-14-10(4)18(23)24-12(14)6-9(3)11-7-13(20)19(5,26-11)16(15)21/h6-7,12,14-16,21H,1,4H2,2-3,5H3/b9-6-/t12-,14+,15+,16-,19+/m1/s1. The van der Waals surface area contributed by atoms with Crippen LogP contribution in [0.3, 0.4) is 0 Å². The topological polar surface area (TPSA) is 99.1 Å². The van der Waals surface area contributed by atoms with Crippen LogP contribution in [0, 0.1) is 5.92 Å². The summed E-state index contributed by atoms with van der Waals surface area (Å²) in [5.41, 5.74) is -0.927. The van der Waals surface area contributed by atoms with Crippen LogP contribution in [0.5, 0.6) is 0 Å². The van der Waals surface area contributed by atoms with Gasteiger partial charge in [0.05, 0.1) is 5.92 Å². The molecule has 0 aromatic heterocycles. The summed E-state index contributed by atoms with van der Waals surface area (Å²) in [5, 5.41) is 11.0. The molecule has 1 N–H and O–H groups in total. The molecule has 2 bridgehead atoms. The summed E-state index contributed by atoms with van der Waals surface area (Å²) in [7, 11) is 0. The second-order valence-electron chi connectivity index (χ2n) is 6.95. The summed E-state index contributed by atoms with van der Waals surface area (Å²) >= 11 is 0. The molecule has 1 fully saturated rings. The molecule has 0 aromatic rings. The van der Waals surface area contributed by atoms with Gasteiger partial charge in [-0.3, -0.25) is 4.79 Å². The Kier molecular flexibility index (Phi) is 4.15. The van der Waals surface area contributed by atoms with Crippen LogP contribution in [0.1, 0.15) is 20.8 Å². The second kappa shape index (κ2) is 5.95. The summed E-state index contributed by atoms with van der Waals surface area (Å²) in [5.74, 6) is -2.45. The largest absolute Gasteiger partial charge is 0.476 e. The van der Waals surface area contributed by atoms with Crippen LogP contribution < -0.4 is 0 Å². The van der Waals surface area contributed by atoms with E-state index in [1.165, 1.54) is 19.9 Å². The highest BCUT2D eigenvalue weighted by Gasteiger charge is 2.57. The number of aliphatic hydroxyl groups is 1. The third kappa shape index (κ3) is 2.59. The van der Waals surface area contributed by atoms with Crippen molar-refractivity contribution in [1.29, 1.82) is 0 Å². The third-order valence-corrected chi connectivity index (χ3v) is 4.96. The van der Waals surface area contributed by atoms with E-state index >= 15 is 0 Å². The first-order valence-electron chi connectivity index (χ1n) is 8.14. The summed E-state index contributed by atoms with van der Waals surface area (Å²) in [6, 6.07) is 0. The molecule has 0 aliphatic carbocycles. The Morgan fingerprint density at radius 3 is 2.65 bits per heavy atom. The number of esters is 2. The van der Waals surface area contributed by atoms with Crippen molar-refractivity contribution in [3.63, 3.8) is 0 Å². The summed E-state index contributed by atoms with van der Waals surface area (Å²) in [4.78, 5) is 36.7. The summed E-state index contributed by atoms with van der Waals surface area (Å²) < 4.78 is 16.5. The van der Waals surface area contributed by atoms with E-state index in [4.69, 9.17) is 14.2 Å². The number of rotatable bonds is 2. The van der Waals surface area contributed by atoms with E-state index in [1.807, 2.05) is 0 Å². The van der Waals surface area contributed by atoms with E-state index in [0.717, 1.165) is 0 Å². The van der Waals surface area contributed by atoms with E-state index in [-0.39, 0.29) is 16.9 Å². The predicted molar refractivity (Wildman–Crippen MR) is 89.5 cm³/mol. The number of aliphatic hydroxyl groups excluding tert-OH is 1. The Morgan fingerprint density at radius 2 is 2.04 bits per heavy atom. The van der Waals surface area contributed by atoms with Crippen molar-refractivity contribution in [2.24, 2.45) is 5.92 Å². The molecule has 3 aliphatic rings. The Bertz CT molecular complexity index is 803. The number of hydrogen-bond donors (Lipinski definition) is 1. The molecule has 5 atom stereocenters. The summed E-state index contributed by atoms with van der Waals surface area (Å²) in [6.07, 6.45) is -0.767. The maximum atomic E-state index is 12.5. The maximum absolute atomic E-state index is 12.5. The van der Waals surface area contributed by atoms with Crippen LogP contribution in [0.2, 0.25) is 0 Å². The van der Waals surface area contributed by atoms with Crippen molar-refractivity contribution in [1.82, 2.24) is 0 Å². The fourth-order valence-electron chi connectivity index (χ4n) is 3.30. The predicted octanol–water partition coefficient (Wildman–Crippen LogP) is 1.13. The van der Waals surface area contributed by atoms with Crippen molar-refractivity contribution >= 4 is 17.7 Å². The number of fused-ring (bicyclic) bond motifs is 3. The number of allylic oxidation sites excluding steroid dienone is 1. The van der Waals surface area contributed by atoms with Crippen LogP contribution in [-0.4, -0.2) is 46.7 Å². The van der Waals surface area contributed by atoms with Crippen LogP contribution in [0.4, 0.5) is 0 Å².